The lowest BCUT2D eigenvalue weighted by Crippen LogP contribution is -2.53. The van der Waals surface area contributed by atoms with Crippen molar-refractivity contribution in [2.45, 2.75) is 50.7 Å². The average molecular weight is 348 g/mol. The second-order valence-electron chi connectivity index (χ2n) is 6.85. The molecule has 8 nitrogen and oxygen atoms in total. The zero-order chi connectivity index (χ0) is 17.8. The number of aromatic nitrogens is 2. The number of hydrogen-bond donors (Lipinski definition) is 3. The third-order valence-corrected chi connectivity index (χ3v) is 5.04. The maximum absolute atomic E-state index is 12.6. The van der Waals surface area contributed by atoms with Gasteiger partial charge in [0, 0.05) is 25.3 Å². The molecule has 1 aliphatic heterocycles. The molecule has 2 amide bonds. The van der Waals surface area contributed by atoms with Crippen molar-refractivity contribution in [2.24, 2.45) is 5.92 Å². The van der Waals surface area contributed by atoms with Gasteiger partial charge in [-0.05, 0) is 19.3 Å². The number of hydrogen-bond acceptors (Lipinski definition) is 5. The number of aliphatic hydroxyl groups excluding tert-OH is 1. The monoisotopic (exact) mass is 348 g/mol. The quantitative estimate of drug-likeness (QED) is 0.713. The summed E-state index contributed by atoms with van der Waals surface area (Å²) in [6, 6.07) is 0.167. The molecule has 1 saturated carbocycles. The Labute approximate surface area is 145 Å². The van der Waals surface area contributed by atoms with Crippen LogP contribution >= 0.6 is 0 Å². The smallest absolute Gasteiger partial charge is 0.273 e. The summed E-state index contributed by atoms with van der Waals surface area (Å²) in [4.78, 5) is 43.9. The first-order valence-corrected chi connectivity index (χ1v) is 8.87. The first-order valence-electron chi connectivity index (χ1n) is 8.87. The zero-order valence-corrected chi connectivity index (χ0v) is 14.1. The molecule has 8 heteroatoms. The van der Waals surface area contributed by atoms with Crippen LogP contribution in [0.3, 0.4) is 0 Å². The van der Waals surface area contributed by atoms with Gasteiger partial charge in [-0.3, -0.25) is 14.4 Å². The summed E-state index contributed by atoms with van der Waals surface area (Å²) >= 11 is 0. The summed E-state index contributed by atoms with van der Waals surface area (Å²) in [6.45, 7) is 0.507. The van der Waals surface area contributed by atoms with Crippen molar-refractivity contribution >= 4 is 11.8 Å². The van der Waals surface area contributed by atoms with E-state index in [1.165, 1.54) is 17.5 Å². The number of nitrogens with zero attached hydrogens (tertiary/aromatic N) is 2. The van der Waals surface area contributed by atoms with Crippen LogP contribution in [0.2, 0.25) is 0 Å². The molecule has 3 N–H and O–H groups in total. The van der Waals surface area contributed by atoms with E-state index in [-0.39, 0.29) is 35.7 Å². The molecular formula is C17H24N4O4. The molecule has 1 aliphatic carbocycles. The fourth-order valence-electron chi connectivity index (χ4n) is 3.56. The molecule has 1 saturated heterocycles. The predicted octanol–water partition coefficient (Wildman–Crippen LogP) is 0.0418. The Morgan fingerprint density at radius 2 is 2.00 bits per heavy atom. The van der Waals surface area contributed by atoms with Crippen LogP contribution in [0, 0.1) is 5.92 Å². The Balaban J connectivity index is 1.64. The van der Waals surface area contributed by atoms with Crippen LogP contribution in [-0.2, 0) is 4.79 Å². The first kappa shape index (κ1) is 17.6. The largest absolute Gasteiger partial charge is 0.392 e. The molecule has 1 aromatic rings. The second-order valence-corrected chi connectivity index (χ2v) is 6.85. The lowest BCUT2D eigenvalue weighted by atomic mass is 9.91. The van der Waals surface area contributed by atoms with Gasteiger partial charge in [0.15, 0.2) is 0 Å². The van der Waals surface area contributed by atoms with E-state index in [4.69, 9.17) is 0 Å². The van der Waals surface area contributed by atoms with Gasteiger partial charge in [0.2, 0.25) is 5.91 Å². The highest BCUT2D eigenvalue weighted by atomic mass is 16.3. The number of likely N-dealkylation sites (tertiary alicyclic amines) is 1. The molecule has 0 unspecified atom stereocenters. The Kier molecular flexibility index (Phi) is 5.47. The predicted molar refractivity (Wildman–Crippen MR) is 89.9 cm³/mol. The van der Waals surface area contributed by atoms with Crippen LogP contribution in [0.1, 0.15) is 49.0 Å². The van der Waals surface area contributed by atoms with E-state index < -0.39 is 12.0 Å². The van der Waals surface area contributed by atoms with Crippen molar-refractivity contribution in [3.05, 3.63) is 28.4 Å². The number of piperidine rings is 1. The van der Waals surface area contributed by atoms with Gasteiger partial charge < -0.3 is 20.3 Å². The third-order valence-electron chi connectivity index (χ3n) is 5.04. The van der Waals surface area contributed by atoms with Gasteiger partial charge in [-0.15, -0.1) is 0 Å². The molecule has 0 radical (unpaired) electrons. The highest BCUT2D eigenvalue weighted by Crippen LogP contribution is 2.22. The maximum Gasteiger partial charge on any atom is 0.273 e. The molecular weight excluding hydrogens is 324 g/mol. The fourth-order valence-corrected chi connectivity index (χ4v) is 3.56. The van der Waals surface area contributed by atoms with Crippen LogP contribution in [0.15, 0.2) is 17.2 Å². The van der Waals surface area contributed by atoms with E-state index >= 15 is 0 Å². The molecule has 25 heavy (non-hydrogen) atoms. The summed E-state index contributed by atoms with van der Waals surface area (Å²) in [5, 5.41) is 13.2. The fraction of sp³-hybridized carbons (Fsp3) is 0.647. The van der Waals surface area contributed by atoms with Gasteiger partial charge in [0.1, 0.15) is 5.69 Å². The van der Waals surface area contributed by atoms with E-state index in [9.17, 15) is 19.5 Å². The number of aromatic amines is 1. The minimum atomic E-state index is -0.754. The number of nitrogens with one attached hydrogen (secondary N) is 2. The van der Waals surface area contributed by atoms with Gasteiger partial charge in [-0.2, -0.15) is 0 Å². The van der Waals surface area contributed by atoms with Crippen molar-refractivity contribution < 1.29 is 14.7 Å². The Morgan fingerprint density at radius 1 is 1.24 bits per heavy atom. The van der Waals surface area contributed by atoms with Gasteiger partial charge in [0.05, 0.1) is 18.2 Å². The van der Waals surface area contributed by atoms with Crippen LogP contribution in [0.5, 0.6) is 0 Å². The Bertz CT molecular complexity index is 663. The Morgan fingerprint density at radius 3 is 2.68 bits per heavy atom. The van der Waals surface area contributed by atoms with Crippen molar-refractivity contribution in [3.63, 3.8) is 0 Å². The van der Waals surface area contributed by atoms with E-state index in [1.807, 2.05) is 0 Å². The lowest BCUT2D eigenvalue weighted by Gasteiger charge is -2.36. The molecule has 2 atom stereocenters. The second kappa shape index (κ2) is 7.77. The number of rotatable bonds is 3. The topological polar surface area (TPSA) is 115 Å². The maximum atomic E-state index is 12.6. The van der Waals surface area contributed by atoms with Crippen molar-refractivity contribution in [1.29, 1.82) is 0 Å². The first-order chi connectivity index (χ1) is 12.0. The minimum Gasteiger partial charge on any atom is -0.392 e. The Hall–Kier alpha value is -2.22. The number of carbonyl (C=O) groups is 2. The van der Waals surface area contributed by atoms with Crippen molar-refractivity contribution in [1.82, 2.24) is 20.2 Å². The average Bonchev–Trinajstić information content (AvgIpc) is 2.63. The molecule has 1 aromatic heterocycles. The molecule has 2 aliphatic rings. The molecule has 2 heterocycles. The minimum absolute atomic E-state index is 0.127. The third kappa shape index (κ3) is 4.25. The van der Waals surface area contributed by atoms with Gasteiger partial charge in [-0.1, -0.05) is 19.3 Å². The summed E-state index contributed by atoms with van der Waals surface area (Å²) in [6.07, 6.45) is 7.28. The number of amides is 2. The van der Waals surface area contributed by atoms with E-state index in [0.717, 1.165) is 31.9 Å². The molecule has 2 fully saturated rings. The SMILES string of the molecule is O=C(NC1CCCCC1)[C@H]1CN(C(=O)c2c[nH]c(=O)cn2)CC[C@H]1O. The molecule has 136 valence electrons. The number of H-pyrrole nitrogens is 1. The molecule has 0 bridgehead atoms. The molecule has 0 aromatic carbocycles. The van der Waals surface area contributed by atoms with E-state index in [2.05, 4.69) is 15.3 Å². The lowest BCUT2D eigenvalue weighted by molar-refractivity contribution is -0.131. The van der Waals surface area contributed by atoms with Crippen molar-refractivity contribution in [2.75, 3.05) is 13.1 Å². The normalized spacial score (nSPS) is 24.8. The molecule has 3 rings (SSSR count). The van der Waals surface area contributed by atoms with Crippen LogP contribution in [0.25, 0.3) is 0 Å². The molecule has 0 spiro atoms. The van der Waals surface area contributed by atoms with Crippen LogP contribution in [-0.4, -0.2) is 57.0 Å². The van der Waals surface area contributed by atoms with E-state index in [0.29, 0.717) is 13.0 Å². The standard InChI is InChI=1S/C17H24N4O4/c22-14-6-7-21(17(25)13-8-19-15(23)9-18-13)10-12(14)16(24)20-11-4-2-1-3-5-11/h8-9,11-12,14,22H,1-7,10H2,(H,19,23)(H,20,24)/t12-,14+/m0/s1. The zero-order valence-electron chi connectivity index (χ0n) is 14.1. The van der Waals surface area contributed by atoms with Gasteiger partial charge in [0.25, 0.3) is 11.5 Å². The van der Waals surface area contributed by atoms with Crippen LogP contribution in [0.4, 0.5) is 0 Å². The summed E-state index contributed by atoms with van der Waals surface area (Å²) in [7, 11) is 0. The van der Waals surface area contributed by atoms with Crippen LogP contribution < -0.4 is 10.9 Å². The van der Waals surface area contributed by atoms with Gasteiger partial charge in [-0.25, -0.2) is 4.98 Å². The number of carbonyl (C=O) groups excluding carboxylic acids is 2. The summed E-state index contributed by atoms with van der Waals surface area (Å²) < 4.78 is 0. The van der Waals surface area contributed by atoms with E-state index in [1.54, 1.807) is 0 Å². The summed E-state index contributed by atoms with van der Waals surface area (Å²) in [5.41, 5.74) is -0.252. The van der Waals surface area contributed by atoms with Gasteiger partial charge >= 0.3 is 0 Å². The summed E-state index contributed by atoms with van der Waals surface area (Å²) in [5.74, 6) is -1.17. The highest BCUT2D eigenvalue weighted by Gasteiger charge is 2.36. The number of aliphatic hydroxyl groups is 1. The van der Waals surface area contributed by atoms with Crippen molar-refractivity contribution in [3.8, 4) is 0 Å². The highest BCUT2D eigenvalue weighted by molar-refractivity contribution is 5.92.